The van der Waals surface area contributed by atoms with Crippen LogP contribution in [0.3, 0.4) is 0 Å². The first-order valence-corrected chi connectivity index (χ1v) is 47.5. The molecular formula is C83H149BF6O27PS2. The van der Waals surface area contributed by atoms with Crippen molar-refractivity contribution < 1.29 is 152 Å². The van der Waals surface area contributed by atoms with E-state index >= 15 is 0 Å². The highest BCUT2D eigenvalue weighted by molar-refractivity contribution is 8.00. The number of ether oxygens (including phenoxy) is 20. The molecule has 25 rings (SSSR count). The summed E-state index contributed by atoms with van der Waals surface area (Å²) in [6.07, 6.45) is -3.23. The topological polar surface area (TPSA) is 303 Å². The smallest absolute Gasteiger partial charge is 0.390 e. The second kappa shape index (κ2) is 45.7. The summed E-state index contributed by atoms with van der Waals surface area (Å²) in [6, 6.07) is 0. The lowest BCUT2D eigenvalue weighted by Gasteiger charge is -2.53. The molecule has 25 heterocycles. The first kappa shape index (κ1) is 104. The third-order valence-electron chi connectivity index (χ3n) is 28.2. The highest BCUT2D eigenvalue weighted by Gasteiger charge is 2.60. The molecule has 25 aliphatic heterocycles. The van der Waals surface area contributed by atoms with Gasteiger partial charge in [-0.05, 0) is 94.6 Å². The summed E-state index contributed by atoms with van der Waals surface area (Å²) in [5, 5.41) is 21.0. The Bertz CT molecular complexity index is 2960. The minimum atomic E-state index is -6.85. The number of rotatable bonds is 18. The van der Waals surface area contributed by atoms with Gasteiger partial charge in [0.05, 0.1) is 110 Å². The number of alkyl halides is 6. The Morgan fingerprint density at radius 2 is 0.517 bits per heavy atom. The molecule has 0 aromatic carbocycles. The van der Waals surface area contributed by atoms with E-state index in [4.69, 9.17) is 96.1 Å². The lowest BCUT2D eigenvalue weighted by molar-refractivity contribution is -0.376. The third-order valence-corrected chi connectivity index (χ3v) is 30.8. The Labute approximate surface area is 716 Å². The van der Waals surface area contributed by atoms with Crippen LogP contribution in [0.1, 0.15) is 224 Å². The van der Waals surface area contributed by atoms with Crippen molar-refractivity contribution in [2.24, 2.45) is 88.8 Å². The van der Waals surface area contributed by atoms with Crippen molar-refractivity contribution in [3.05, 3.63) is 0 Å². The Morgan fingerprint density at radius 1 is 0.308 bits per heavy atom. The van der Waals surface area contributed by atoms with E-state index in [-0.39, 0.29) is 193 Å². The number of aliphatic hydroxyl groups is 2. The molecule has 0 aliphatic carbocycles. The highest BCUT2D eigenvalue weighted by Crippen LogP contribution is 2.49. The molecule has 0 aromatic heterocycles. The van der Waals surface area contributed by atoms with Crippen LogP contribution < -0.4 is 0 Å². The maximum atomic E-state index is 11.4. The van der Waals surface area contributed by atoms with Crippen molar-refractivity contribution in [3.8, 4) is 0 Å². The summed E-state index contributed by atoms with van der Waals surface area (Å²) in [7, 11) is -5.59. The molecule has 25 fully saturated rings. The van der Waals surface area contributed by atoms with Crippen LogP contribution in [0.25, 0.3) is 0 Å². The minimum absolute atomic E-state index is 0.0792. The van der Waals surface area contributed by atoms with E-state index in [0.29, 0.717) is 19.3 Å². The molecule has 0 amide bonds. The molecule has 705 valence electrons. The van der Waals surface area contributed by atoms with E-state index in [0.717, 1.165) is 38.5 Å². The van der Waals surface area contributed by atoms with Crippen molar-refractivity contribution in [3.63, 3.8) is 0 Å². The predicted molar refractivity (Wildman–Crippen MR) is 436 cm³/mol. The van der Waals surface area contributed by atoms with Gasteiger partial charge >= 0.3 is 31.3 Å². The van der Waals surface area contributed by atoms with Gasteiger partial charge in [-0.1, -0.05) is 166 Å². The summed E-state index contributed by atoms with van der Waals surface area (Å²) in [5.41, 5.74) is -12.5. The van der Waals surface area contributed by atoms with Crippen molar-refractivity contribution in [2.75, 3.05) is 21.3 Å². The quantitative estimate of drug-likeness (QED) is 0.0557. The SMILES string of the molecule is CCC1OC2O[C@@H]3C(CC)O[C@@H](O[C@@H]4C(CC)O[C@@H](O[C@@H]5C(CC)O[C@@H](O[C@@H]6C(CC)O[C@@H](O[C@@H]7C(CC)O[C@@H](OC1[C@H](C)[C@@H]2C)C(C)[C@H]7C)C(C)[C@H]6C)C(C)[C@H]5C)C(C)[C@H]4C)C(C)[C@H]3C.CCC1O[C@@H](O[C@@H]2C(CC)O[C@@H](O[C@@H]3C(CC)OC(O)C(OC)[C@H]3C)C(OC)[C@H]2C)C(OC)[C@@H](C)[C@@H]1O.O=S(=O)(OS(=O)(=O)C(F)(F)F)C(F)(F)F.[2H][B]P. The van der Waals surface area contributed by atoms with Crippen molar-refractivity contribution >= 4 is 36.9 Å². The lowest BCUT2D eigenvalue weighted by Crippen LogP contribution is -2.62. The maximum absolute atomic E-state index is 11.4. The molecule has 12 bridgehead atoms. The third kappa shape index (κ3) is 23.5. The molecule has 0 spiro atoms. The van der Waals surface area contributed by atoms with Gasteiger partial charge in [0, 0.05) is 74.6 Å². The van der Waals surface area contributed by atoms with Crippen LogP contribution in [0.2, 0.25) is 0 Å². The molecule has 0 aromatic rings. The fourth-order valence-corrected chi connectivity index (χ4v) is 20.7. The summed E-state index contributed by atoms with van der Waals surface area (Å²) >= 11 is 0. The van der Waals surface area contributed by atoms with Crippen molar-refractivity contribution in [1.82, 2.24) is 0 Å². The van der Waals surface area contributed by atoms with E-state index in [1.165, 1.54) is 7.53 Å². The Kier molecular flexibility index (Phi) is 39.8. The first-order chi connectivity index (χ1) is 56.7. The van der Waals surface area contributed by atoms with E-state index in [1.807, 2.05) is 38.2 Å². The van der Waals surface area contributed by atoms with Crippen LogP contribution in [0.5, 0.6) is 0 Å². The van der Waals surface area contributed by atoms with Crippen LogP contribution in [0, 0.1) is 88.8 Å². The molecule has 0 saturated carbocycles. The lowest BCUT2D eigenvalue weighted by atomic mass is 9.80. The van der Waals surface area contributed by atoms with E-state index in [9.17, 15) is 53.4 Å². The average molecular weight is 1800 g/mol. The molecule has 1 radical (unpaired) electrons. The molecular weight excluding hydrogens is 1650 g/mol. The molecule has 37 heteroatoms. The highest BCUT2D eigenvalue weighted by atomic mass is 32.3. The molecule has 27 nitrogen and oxygen atoms in total. The van der Waals surface area contributed by atoms with Gasteiger partial charge in [0.15, 0.2) is 56.6 Å². The summed E-state index contributed by atoms with van der Waals surface area (Å²) < 4.78 is 249. The zero-order chi connectivity index (χ0) is 90.9. The second-order valence-electron chi connectivity index (χ2n) is 35.2. The fourth-order valence-electron chi connectivity index (χ4n) is 19.1. The Balaban J connectivity index is 0.000000305. The van der Waals surface area contributed by atoms with Gasteiger partial charge in [-0.3, -0.25) is 0 Å². The Hall–Kier alpha value is -0.945. The molecule has 25 saturated heterocycles. The van der Waals surface area contributed by atoms with Crippen molar-refractivity contribution in [1.29, 1.82) is 1.34 Å². The molecule has 120 heavy (non-hydrogen) atoms. The number of hydrogen-bond acceptors (Lipinski definition) is 27. The predicted octanol–water partition coefficient (Wildman–Crippen LogP) is 13.6. The number of hydrogen-bond donors (Lipinski definition) is 2. The number of methoxy groups -OCH3 is 3. The normalized spacial score (nSPS) is 47.7. The van der Waals surface area contributed by atoms with Crippen LogP contribution in [-0.2, 0) is 119 Å². The largest absolute Gasteiger partial charge is 0.524 e. The summed E-state index contributed by atoms with van der Waals surface area (Å²) in [4.78, 5) is 0. The first-order valence-electron chi connectivity index (χ1n) is 44.6. The maximum Gasteiger partial charge on any atom is 0.524 e. The molecule has 21 unspecified atom stereocenters. The van der Waals surface area contributed by atoms with E-state index in [1.54, 1.807) is 21.3 Å². The Morgan fingerprint density at radius 3 is 0.733 bits per heavy atom. The minimum Gasteiger partial charge on any atom is -0.390 e. The monoisotopic (exact) mass is 1800 g/mol. The van der Waals surface area contributed by atoms with Gasteiger partial charge in [0.2, 0.25) is 0 Å². The van der Waals surface area contributed by atoms with Gasteiger partial charge in [0.25, 0.3) is 0 Å². The summed E-state index contributed by atoms with van der Waals surface area (Å²) in [5.74, 6) is 1.08. The zero-order valence-corrected chi connectivity index (χ0v) is 78.5. The van der Waals surface area contributed by atoms with Crippen LogP contribution in [0.4, 0.5) is 26.3 Å². The van der Waals surface area contributed by atoms with Crippen molar-refractivity contribution in [2.45, 2.75) is 420 Å². The van der Waals surface area contributed by atoms with Crippen LogP contribution in [-0.4, -0.2) is 253 Å². The number of halogens is 6. The number of aliphatic hydroxyl groups excluding tert-OH is 2. The van der Waals surface area contributed by atoms with Gasteiger partial charge in [0.1, 0.15) is 25.8 Å². The van der Waals surface area contributed by atoms with Gasteiger partial charge < -0.3 is 105 Å². The summed E-state index contributed by atoms with van der Waals surface area (Å²) in [6.45, 7) is 52.4. The standard InChI is InChI=1S/C54H96O12.C27H50O10.C2F6O5S2.BH3P/c1-19-37-43-25(7)31(13)49(55-37)62-44-27(9)33(15)51(57-38(44)20-2)64-46-29(11)35(17)53(59-40(46)22-4)66-48-30(12)36(18)54(60-42(48)24-6)65-47-28(10)34(16)52(58-41(47)23-5)63-45-26(8)32(14)50(61-43)56-39(45)21-3;1-10-16-19(28)13(4)23(31-8)26(34-16)37-21-15(6)24(32-9)27(35-18(21)12-3)36-20-14(5)22(30-7)25(29)33-17(20)11-2;3-1(4,5)14(9,10)13-15(11,12)2(6,7)8;1-2/h25-54H,19-24H2,1-18H3;13-29H,10-12H2,1-9H3;;1H,2H2/t25-,26-,27-,28-,29-,30-,31+,32?,33?,34?,35?,36?,37?,38?,39?,40?,41?,42?,43?,44+,45+,46+,47+,48+,49?,50+,51+,52+,53+,54+;13-,14-,15-,16?,17?,18?,19-,20-,21-,22?,23?,24?,25?,26-,27-;;/m10../s1/i;;;1D. The van der Waals surface area contributed by atoms with Gasteiger partial charge in [-0.2, -0.15) is 52.3 Å². The molecule has 2 N–H and O–H groups in total. The van der Waals surface area contributed by atoms with Gasteiger partial charge in [-0.25, -0.2) is 0 Å². The van der Waals surface area contributed by atoms with Gasteiger partial charge in [-0.15, -0.1) is 3.63 Å². The zero-order valence-electron chi connectivity index (χ0n) is 76.7. The average Bonchev–Trinajstić information content (AvgIpc) is 0.762. The van der Waals surface area contributed by atoms with E-state index in [2.05, 4.69) is 141 Å². The fraction of sp³-hybridized carbons (Fsp3) is 1.00. The second-order valence-corrected chi connectivity index (χ2v) is 38.5. The molecule has 46 atom stereocenters. The molecule has 25 aliphatic rings. The van der Waals surface area contributed by atoms with Crippen LogP contribution >= 0.6 is 9.12 Å². The van der Waals surface area contributed by atoms with E-state index < -0.39 is 112 Å². The van der Waals surface area contributed by atoms with Crippen LogP contribution in [0.15, 0.2) is 0 Å².